The molecule has 0 aromatic heterocycles. The van der Waals surface area contributed by atoms with Crippen molar-refractivity contribution in [2.75, 3.05) is 12.4 Å². The molecular weight excluding hydrogens is 526 g/mol. The van der Waals surface area contributed by atoms with Crippen molar-refractivity contribution in [2.45, 2.75) is 103 Å². The number of amides is 5. The van der Waals surface area contributed by atoms with E-state index in [0.717, 1.165) is 24.8 Å². The van der Waals surface area contributed by atoms with Crippen LogP contribution >= 0.6 is 0 Å². The van der Waals surface area contributed by atoms with Gasteiger partial charge in [0.15, 0.2) is 0 Å². The minimum absolute atomic E-state index is 0.0720. The number of rotatable bonds is 8. The maximum Gasteiger partial charge on any atom is 0.410 e. The van der Waals surface area contributed by atoms with Gasteiger partial charge in [-0.15, -0.1) is 0 Å². The summed E-state index contributed by atoms with van der Waals surface area (Å²) < 4.78 is 5.36. The third kappa shape index (κ3) is 8.55. The van der Waals surface area contributed by atoms with Crippen molar-refractivity contribution in [2.24, 2.45) is 0 Å². The lowest BCUT2D eigenvalue weighted by atomic mass is 9.98. The van der Waals surface area contributed by atoms with Crippen molar-refractivity contribution in [3.63, 3.8) is 0 Å². The van der Waals surface area contributed by atoms with E-state index in [4.69, 9.17) is 4.74 Å². The Balaban J connectivity index is 1.66. The highest BCUT2D eigenvalue weighted by molar-refractivity contribution is 5.99. The van der Waals surface area contributed by atoms with E-state index in [1.54, 1.807) is 50.8 Å². The fraction of sp³-hybridized carbons (Fsp3) is 0.567. The van der Waals surface area contributed by atoms with E-state index in [9.17, 15) is 24.0 Å². The lowest BCUT2D eigenvalue weighted by Gasteiger charge is -2.36. The number of nitrogens with zero attached hydrogens (tertiary/aromatic N) is 2. The van der Waals surface area contributed by atoms with Gasteiger partial charge in [0, 0.05) is 25.3 Å². The van der Waals surface area contributed by atoms with Crippen molar-refractivity contribution >= 4 is 35.4 Å². The van der Waals surface area contributed by atoms with Crippen LogP contribution in [0.3, 0.4) is 0 Å². The number of fused-ring (bicyclic) bond motifs is 1. The van der Waals surface area contributed by atoms with Crippen LogP contribution in [-0.4, -0.2) is 76.3 Å². The molecule has 11 nitrogen and oxygen atoms in total. The van der Waals surface area contributed by atoms with Crippen LogP contribution in [0.4, 0.5) is 10.5 Å². The molecule has 0 saturated carbocycles. The summed E-state index contributed by atoms with van der Waals surface area (Å²) in [5.74, 6) is -1.32. The molecule has 2 aliphatic heterocycles. The first-order chi connectivity index (χ1) is 19.3. The molecule has 0 unspecified atom stereocenters. The molecule has 0 spiro atoms. The van der Waals surface area contributed by atoms with E-state index >= 15 is 0 Å². The number of carbonyl (C=O) groups is 5. The average Bonchev–Trinajstić information content (AvgIpc) is 3.33. The third-order valence-corrected chi connectivity index (χ3v) is 7.44. The highest BCUT2D eigenvalue weighted by Crippen LogP contribution is 2.31. The Kier molecular flexibility index (Phi) is 10.5. The number of anilines is 1. The van der Waals surface area contributed by atoms with E-state index in [2.05, 4.69) is 22.5 Å². The molecule has 0 aliphatic carbocycles. The summed E-state index contributed by atoms with van der Waals surface area (Å²) in [5, 5.41) is 8.47. The van der Waals surface area contributed by atoms with Gasteiger partial charge in [-0.1, -0.05) is 31.6 Å². The Morgan fingerprint density at radius 3 is 2.54 bits per heavy atom. The summed E-state index contributed by atoms with van der Waals surface area (Å²) in [5.41, 5.74) is 0.676. The summed E-state index contributed by atoms with van der Waals surface area (Å²) in [6.07, 6.45) is 4.71. The van der Waals surface area contributed by atoms with E-state index in [0.29, 0.717) is 24.9 Å². The molecule has 2 aliphatic rings. The second kappa shape index (κ2) is 13.6. The Hall–Kier alpha value is -3.89. The van der Waals surface area contributed by atoms with E-state index < -0.39 is 35.7 Å². The molecule has 41 heavy (non-hydrogen) atoms. The largest absolute Gasteiger partial charge is 0.444 e. The van der Waals surface area contributed by atoms with Crippen LogP contribution in [0.15, 0.2) is 36.9 Å². The molecule has 2 fully saturated rings. The molecule has 0 radical (unpaired) electrons. The highest BCUT2D eigenvalue weighted by Gasteiger charge is 2.44. The first kappa shape index (κ1) is 31.6. The highest BCUT2D eigenvalue weighted by atomic mass is 16.6. The number of nitrogens with one attached hydrogen (secondary N) is 3. The molecule has 5 amide bonds. The summed E-state index contributed by atoms with van der Waals surface area (Å²) >= 11 is 0. The fourth-order valence-electron chi connectivity index (χ4n) is 5.14. The minimum Gasteiger partial charge on any atom is -0.444 e. The van der Waals surface area contributed by atoms with Crippen LogP contribution in [-0.2, 0) is 30.5 Å². The smallest absolute Gasteiger partial charge is 0.410 e. The van der Waals surface area contributed by atoms with Crippen LogP contribution in [0.1, 0.15) is 71.8 Å². The summed E-state index contributed by atoms with van der Waals surface area (Å²) in [4.78, 5) is 67.1. The first-order valence-electron chi connectivity index (χ1n) is 14.2. The Labute approximate surface area is 242 Å². The lowest BCUT2D eigenvalue weighted by molar-refractivity contribution is -0.144. The van der Waals surface area contributed by atoms with E-state index in [-0.39, 0.29) is 30.3 Å². The number of ether oxygens (including phenoxy) is 1. The maximum atomic E-state index is 13.8. The van der Waals surface area contributed by atoms with Gasteiger partial charge in [-0.25, -0.2) is 4.79 Å². The predicted octanol–water partition coefficient (Wildman–Crippen LogP) is 3.10. The Morgan fingerprint density at radius 1 is 1.15 bits per heavy atom. The van der Waals surface area contributed by atoms with Gasteiger partial charge in [0.2, 0.25) is 23.6 Å². The van der Waals surface area contributed by atoms with Crippen LogP contribution in [0.5, 0.6) is 0 Å². The number of carbonyl (C=O) groups excluding carboxylic acids is 5. The van der Waals surface area contributed by atoms with Crippen molar-refractivity contribution in [1.29, 1.82) is 0 Å². The van der Waals surface area contributed by atoms with Crippen molar-refractivity contribution in [3.8, 4) is 0 Å². The van der Waals surface area contributed by atoms with Gasteiger partial charge in [-0.2, -0.15) is 0 Å². The van der Waals surface area contributed by atoms with Crippen LogP contribution in [0.25, 0.3) is 0 Å². The van der Waals surface area contributed by atoms with Gasteiger partial charge in [-0.05, 0) is 77.2 Å². The summed E-state index contributed by atoms with van der Waals surface area (Å²) in [6.45, 7) is 10.5. The molecule has 11 heteroatoms. The van der Waals surface area contributed by atoms with Gasteiger partial charge >= 0.3 is 6.09 Å². The zero-order valence-corrected chi connectivity index (χ0v) is 24.7. The van der Waals surface area contributed by atoms with Crippen LogP contribution in [0, 0.1) is 0 Å². The van der Waals surface area contributed by atoms with Gasteiger partial charge in [0.1, 0.15) is 23.7 Å². The molecule has 3 N–H and O–H groups in total. The normalized spacial score (nSPS) is 21.4. The molecule has 224 valence electrons. The van der Waals surface area contributed by atoms with E-state index in [1.165, 1.54) is 18.0 Å². The quantitative estimate of drug-likeness (QED) is 0.412. The van der Waals surface area contributed by atoms with Crippen molar-refractivity contribution < 1.29 is 28.7 Å². The molecule has 1 aromatic carbocycles. The Bertz CT molecular complexity index is 1160. The number of likely N-dealkylation sites (N-methyl/N-ethyl adjacent to an activating group) is 1. The van der Waals surface area contributed by atoms with Crippen LogP contribution < -0.4 is 16.0 Å². The molecule has 2 saturated heterocycles. The van der Waals surface area contributed by atoms with Gasteiger partial charge in [0.05, 0.1) is 0 Å². The zero-order valence-electron chi connectivity index (χ0n) is 24.7. The molecular formula is C30H43N5O6. The zero-order chi connectivity index (χ0) is 30.3. The average molecular weight is 570 g/mol. The first-order valence-corrected chi connectivity index (χ1v) is 14.2. The maximum absolute atomic E-state index is 13.8. The molecule has 3 rings (SSSR count). The topological polar surface area (TPSA) is 137 Å². The van der Waals surface area contributed by atoms with Crippen LogP contribution in [0.2, 0.25) is 0 Å². The van der Waals surface area contributed by atoms with Gasteiger partial charge in [-0.3, -0.25) is 24.1 Å². The predicted molar refractivity (Wildman–Crippen MR) is 155 cm³/mol. The van der Waals surface area contributed by atoms with Crippen molar-refractivity contribution in [3.05, 3.63) is 42.5 Å². The molecule has 0 bridgehead atoms. The van der Waals surface area contributed by atoms with Gasteiger partial charge in [0.25, 0.3) is 0 Å². The monoisotopic (exact) mass is 569 g/mol. The summed E-state index contributed by atoms with van der Waals surface area (Å²) in [7, 11) is 1.48. The third-order valence-electron chi connectivity index (χ3n) is 7.44. The van der Waals surface area contributed by atoms with E-state index in [1.807, 2.05) is 6.07 Å². The number of hydrogen-bond acceptors (Lipinski definition) is 6. The summed E-state index contributed by atoms with van der Waals surface area (Å²) in [6, 6.07) is 4.76. The second-order valence-electron chi connectivity index (χ2n) is 11.7. The standard InChI is InChI=1S/C30H43N5O6/c1-7-25(36)32-21-12-10-11-20(17-21)18-31-27(38)24-16-15-22-13-8-9-14-23(28(39)35(22)24)33-26(37)19(2)34(6)29(40)41-30(3,4)5/h7,10-12,17,19,22-24H,1,8-9,13-16,18H2,2-6H3,(H,31,38)(H,32,36)(H,33,37)/t19-,22-,23-,24-/m0/s1. The number of hydrogen-bond donors (Lipinski definition) is 3. The number of benzene rings is 1. The minimum atomic E-state index is -0.858. The van der Waals surface area contributed by atoms with Gasteiger partial charge < -0.3 is 25.6 Å². The molecule has 2 heterocycles. The SMILES string of the molecule is C=CC(=O)Nc1cccc(CNC(=O)[C@@H]2CC[C@@H]3CCCC[C@H](NC(=O)[C@H](C)N(C)C(=O)OC(C)(C)C)C(=O)N32)c1. The fourth-order valence-corrected chi connectivity index (χ4v) is 5.14. The molecule has 4 atom stereocenters. The Morgan fingerprint density at radius 2 is 1.85 bits per heavy atom. The lowest BCUT2D eigenvalue weighted by Crippen LogP contribution is -2.58. The molecule has 1 aromatic rings. The second-order valence-corrected chi connectivity index (χ2v) is 11.7. The van der Waals surface area contributed by atoms with Crippen molar-refractivity contribution in [1.82, 2.24) is 20.4 Å².